The summed E-state index contributed by atoms with van der Waals surface area (Å²) in [6.45, 7) is 2.27. The van der Waals surface area contributed by atoms with Crippen LogP contribution < -0.4 is 5.32 Å². The molecule has 0 saturated carbocycles. The van der Waals surface area contributed by atoms with Crippen LogP contribution in [-0.4, -0.2) is 34.9 Å². The van der Waals surface area contributed by atoms with Crippen LogP contribution in [0.3, 0.4) is 0 Å². The van der Waals surface area contributed by atoms with Crippen molar-refractivity contribution in [3.8, 4) is 0 Å². The van der Waals surface area contributed by atoms with Crippen molar-refractivity contribution in [2.45, 2.75) is 19.4 Å². The van der Waals surface area contributed by atoms with E-state index >= 15 is 0 Å². The summed E-state index contributed by atoms with van der Waals surface area (Å²) in [6, 6.07) is 24.2. The molecule has 1 atom stereocenters. The van der Waals surface area contributed by atoms with Gasteiger partial charge in [0.05, 0.1) is 11.7 Å². The number of aliphatic hydroxyl groups is 1. The zero-order chi connectivity index (χ0) is 21.8. The fourth-order valence-electron chi connectivity index (χ4n) is 3.92. The number of nitrogens with zero attached hydrogens (tertiary/aromatic N) is 2. The highest BCUT2D eigenvalue weighted by molar-refractivity contribution is 9.10. The van der Waals surface area contributed by atoms with Gasteiger partial charge in [0, 0.05) is 41.4 Å². The Labute approximate surface area is 190 Å². The zero-order valence-electron chi connectivity index (χ0n) is 17.3. The van der Waals surface area contributed by atoms with Crippen molar-refractivity contribution in [3.63, 3.8) is 0 Å². The van der Waals surface area contributed by atoms with Crippen LogP contribution in [0.2, 0.25) is 0 Å². The van der Waals surface area contributed by atoms with Gasteiger partial charge in [0.25, 0.3) is 0 Å². The Balaban J connectivity index is 1.84. The average molecular weight is 478 g/mol. The minimum absolute atomic E-state index is 0.0252. The smallest absolute Gasteiger partial charge is 0.221 e. The van der Waals surface area contributed by atoms with Crippen LogP contribution in [0.1, 0.15) is 36.1 Å². The zero-order valence-corrected chi connectivity index (χ0v) is 18.8. The molecule has 1 heterocycles. The molecule has 31 heavy (non-hydrogen) atoms. The lowest BCUT2D eigenvalue weighted by atomic mass is 9.92. The molecule has 1 amide bonds. The lowest BCUT2D eigenvalue weighted by Gasteiger charge is -2.39. The predicted octanol–water partition coefficient (Wildman–Crippen LogP) is 5.27. The number of aliphatic hydroxyl groups excluding tert-OH is 1. The number of amides is 1. The van der Waals surface area contributed by atoms with Gasteiger partial charge in [-0.1, -0.05) is 46.3 Å². The fourth-order valence-corrected chi connectivity index (χ4v) is 4.30. The van der Waals surface area contributed by atoms with Crippen molar-refractivity contribution in [2.75, 3.05) is 18.5 Å². The number of halogens is 1. The van der Waals surface area contributed by atoms with E-state index in [1.165, 1.54) is 12.5 Å². The summed E-state index contributed by atoms with van der Waals surface area (Å²) in [6.07, 6.45) is 0.635. The average Bonchev–Trinajstić information content (AvgIpc) is 2.77. The number of aliphatic imine (C=N–C) groups is 1. The van der Waals surface area contributed by atoms with E-state index in [9.17, 15) is 9.90 Å². The highest BCUT2D eigenvalue weighted by atomic mass is 79.9. The molecule has 1 aliphatic rings. The Morgan fingerprint density at radius 1 is 1.10 bits per heavy atom. The van der Waals surface area contributed by atoms with Gasteiger partial charge in [-0.2, -0.15) is 0 Å². The molecule has 6 heteroatoms. The summed E-state index contributed by atoms with van der Waals surface area (Å²) >= 11 is 3.61. The molecule has 0 bridgehead atoms. The van der Waals surface area contributed by atoms with E-state index in [2.05, 4.69) is 44.3 Å². The Morgan fingerprint density at radius 2 is 1.84 bits per heavy atom. The summed E-state index contributed by atoms with van der Waals surface area (Å²) in [5.41, 5.74) is 4.93. The van der Waals surface area contributed by atoms with Crippen LogP contribution in [-0.2, 0) is 4.79 Å². The summed E-state index contributed by atoms with van der Waals surface area (Å²) in [4.78, 5) is 18.6. The normalized spacial score (nSPS) is 15.3. The first-order valence-corrected chi connectivity index (χ1v) is 11.0. The van der Waals surface area contributed by atoms with Crippen LogP contribution in [0.25, 0.3) is 0 Å². The second kappa shape index (κ2) is 9.45. The molecule has 158 valence electrons. The van der Waals surface area contributed by atoms with Crippen molar-refractivity contribution in [2.24, 2.45) is 4.99 Å². The van der Waals surface area contributed by atoms with Gasteiger partial charge in [0.15, 0.2) is 0 Å². The number of carbonyl (C=O) groups excluding carboxylic acids is 1. The molecule has 0 spiro atoms. The Morgan fingerprint density at radius 3 is 2.52 bits per heavy atom. The number of amidine groups is 1. The lowest BCUT2D eigenvalue weighted by molar-refractivity contribution is -0.114. The number of carbonyl (C=O) groups is 1. The van der Waals surface area contributed by atoms with E-state index in [0.29, 0.717) is 13.0 Å². The molecule has 2 N–H and O–H groups in total. The van der Waals surface area contributed by atoms with E-state index in [1.54, 1.807) is 0 Å². The molecule has 4 rings (SSSR count). The number of hydrogen-bond donors (Lipinski definition) is 2. The van der Waals surface area contributed by atoms with Crippen LogP contribution in [0.4, 0.5) is 11.4 Å². The molecule has 0 saturated heterocycles. The van der Waals surface area contributed by atoms with Crippen LogP contribution in [0.15, 0.2) is 82.3 Å². The topological polar surface area (TPSA) is 64.9 Å². The van der Waals surface area contributed by atoms with Crippen LogP contribution in [0, 0.1) is 0 Å². The monoisotopic (exact) mass is 477 g/mol. The third-order valence-corrected chi connectivity index (χ3v) is 5.72. The summed E-state index contributed by atoms with van der Waals surface area (Å²) < 4.78 is 1.01. The number of rotatable bonds is 6. The third-order valence-electron chi connectivity index (χ3n) is 5.23. The lowest BCUT2D eigenvalue weighted by Crippen LogP contribution is -2.39. The number of benzene rings is 3. The summed E-state index contributed by atoms with van der Waals surface area (Å²) in [5.74, 6) is 0.752. The van der Waals surface area contributed by atoms with Gasteiger partial charge in [-0.05, 0) is 54.4 Å². The largest absolute Gasteiger partial charge is 0.396 e. The van der Waals surface area contributed by atoms with Crippen LogP contribution in [0.5, 0.6) is 0 Å². The molecule has 3 aromatic rings. The van der Waals surface area contributed by atoms with Gasteiger partial charge in [-0.3, -0.25) is 4.79 Å². The first kappa shape index (κ1) is 21.3. The maximum Gasteiger partial charge on any atom is 0.221 e. The van der Waals surface area contributed by atoms with Gasteiger partial charge in [-0.25, -0.2) is 4.99 Å². The van der Waals surface area contributed by atoms with E-state index in [1.807, 2.05) is 54.6 Å². The van der Waals surface area contributed by atoms with Crippen LogP contribution >= 0.6 is 15.9 Å². The van der Waals surface area contributed by atoms with Crippen molar-refractivity contribution in [1.82, 2.24) is 4.90 Å². The van der Waals surface area contributed by atoms with E-state index < -0.39 is 0 Å². The Hall–Kier alpha value is -2.96. The van der Waals surface area contributed by atoms with Gasteiger partial charge in [0.1, 0.15) is 5.84 Å². The quantitative estimate of drug-likeness (QED) is 0.507. The van der Waals surface area contributed by atoms with E-state index in [4.69, 9.17) is 4.99 Å². The number of anilines is 1. The molecule has 3 aromatic carbocycles. The Kier molecular flexibility index (Phi) is 6.49. The minimum atomic E-state index is -0.101. The van der Waals surface area contributed by atoms with Gasteiger partial charge < -0.3 is 15.3 Å². The van der Waals surface area contributed by atoms with Crippen molar-refractivity contribution in [3.05, 3.63) is 94.0 Å². The molecule has 5 nitrogen and oxygen atoms in total. The number of hydrogen-bond acceptors (Lipinski definition) is 4. The SMILES string of the molecule is CC(=O)Nc1ccc(C2=Nc3ccc(Br)cc3C(c3ccccc3)N2CCCO)cc1. The van der Waals surface area contributed by atoms with E-state index in [0.717, 1.165) is 32.8 Å². The molecular weight excluding hydrogens is 454 g/mol. The number of nitrogens with one attached hydrogen (secondary N) is 1. The molecule has 0 aliphatic carbocycles. The van der Waals surface area contributed by atoms with Gasteiger partial charge in [0.2, 0.25) is 5.91 Å². The fraction of sp³-hybridized carbons (Fsp3) is 0.200. The van der Waals surface area contributed by atoms with Crippen molar-refractivity contribution in [1.29, 1.82) is 0 Å². The van der Waals surface area contributed by atoms with Crippen molar-refractivity contribution >= 4 is 39.0 Å². The molecule has 0 radical (unpaired) electrons. The standard InChI is InChI=1S/C25H24BrN3O2/c1-17(31)27-21-11-8-19(9-12-21)25-28-23-13-10-20(26)16-22(23)24(29(25)14-5-15-30)18-6-3-2-4-7-18/h2-4,6-13,16,24,30H,5,14-15H2,1H3,(H,27,31). The Bertz CT molecular complexity index is 1100. The second-order valence-corrected chi connectivity index (χ2v) is 8.40. The molecule has 1 aliphatic heterocycles. The number of fused-ring (bicyclic) bond motifs is 1. The molecule has 0 fully saturated rings. The minimum Gasteiger partial charge on any atom is -0.396 e. The summed E-state index contributed by atoms with van der Waals surface area (Å²) in [7, 11) is 0. The molecule has 1 unspecified atom stereocenters. The van der Waals surface area contributed by atoms with Gasteiger partial charge >= 0.3 is 0 Å². The second-order valence-electron chi connectivity index (χ2n) is 7.48. The first-order valence-electron chi connectivity index (χ1n) is 10.3. The summed E-state index contributed by atoms with van der Waals surface area (Å²) in [5, 5.41) is 12.4. The predicted molar refractivity (Wildman–Crippen MR) is 128 cm³/mol. The maximum absolute atomic E-state index is 11.4. The highest BCUT2D eigenvalue weighted by Gasteiger charge is 2.31. The highest BCUT2D eigenvalue weighted by Crippen LogP contribution is 2.41. The third kappa shape index (κ3) is 4.70. The molecule has 0 aromatic heterocycles. The van der Waals surface area contributed by atoms with Gasteiger partial charge in [-0.15, -0.1) is 0 Å². The first-order chi connectivity index (χ1) is 15.1. The van der Waals surface area contributed by atoms with E-state index in [-0.39, 0.29) is 18.6 Å². The van der Waals surface area contributed by atoms with Crippen molar-refractivity contribution < 1.29 is 9.90 Å². The molecular formula is C25H24BrN3O2. The maximum atomic E-state index is 11.4.